The van der Waals surface area contributed by atoms with Crippen molar-refractivity contribution < 1.29 is 9.68 Å². The van der Waals surface area contributed by atoms with Crippen LogP contribution in [0.5, 0.6) is 0 Å². The van der Waals surface area contributed by atoms with Crippen molar-refractivity contribution in [3.8, 4) is 0 Å². The van der Waals surface area contributed by atoms with Crippen LogP contribution >= 0.6 is 0 Å². The largest absolute Gasteiger partial charge is 0.483 e. The van der Waals surface area contributed by atoms with E-state index >= 15 is 0 Å². The zero-order chi connectivity index (χ0) is 5.98. The lowest BCUT2D eigenvalue weighted by Gasteiger charge is -1.91. The van der Waals surface area contributed by atoms with Crippen molar-refractivity contribution >= 4 is 7.12 Å². The average molecular weight is 112 g/mol. The van der Waals surface area contributed by atoms with E-state index in [-0.39, 0.29) is 0 Å². The summed E-state index contributed by atoms with van der Waals surface area (Å²) in [5.41, 5.74) is 1.19. The Balaban J connectivity index is 2.44. The average Bonchev–Trinajstić information content (AvgIpc) is 2.14. The van der Waals surface area contributed by atoms with E-state index in [2.05, 4.69) is 0 Å². The Kier molecular flexibility index (Phi) is 1.71. The molecule has 44 valence electrons. The van der Waals surface area contributed by atoms with Gasteiger partial charge in [0.1, 0.15) is 0 Å². The van der Waals surface area contributed by atoms with Gasteiger partial charge in [0, 0.05) is 0 Å². The Hall–Kier alpha value is -0.275. The molecular weight excluding hydrogens is 103 g/mol. The van der Waals surface area contributed by atoms with E-state index in [4.69, 9.17) is 9.68 Å². The maximum atomic E-state index is 8.73. The van der Waals surface area contributed by atoms with Crippen LogP contribution in [0.4, 0.5) is 0 Å². The van der Waals surface area contributed by atoms with Gasteiger partial charge < -0.3 is 9.68 Å². The quantitative estimate of drug-likeness (QED) is 0.496. The van der Waals surface area contributed by atoms with Crippen LogP contribution in [0.1, 0.15) is 13.3 Å². The van der Waals surface area contributed by atoms with Gasteiger partial charge in [-0.15, -0.1) is 0 Å². The Morgan fingerprint density at radius 3 is 3.00 bits per heavy atom. The lowest BCUT2D eigenvalue weighted by atomic mass is 9.91. The summed E-state index contributed by atoms with van der Waals surface area (Å²) in [6.07, 6.45) is 0.983. The summed E-state index contributed by atoms with van der Waals surface area (Å²) in [5, 5.41) is 8.73. The third-order valence-electron chi connectivity index (χ3n) is 1.27. The number of rotatable bonds is 1. The van der Waals surface area contributed by atoms with Crippen molar-refractivity contribution in [2.45, 2.75) is 13.3 Å². The van der Waals surface area contributed by atoms with Crippen LogP contribution in [0.15, 0.2) is 11.5 Å². The summed E-state index contributed by atoms with van der Waals surface area (Å²) < 4.78 is 4.82. The fraction of sp³-hybridized carbons (Fsp3) is 0.600. The molecule has 1 N–H and O–H groups in total. The fourth-order valence-electron chi connectivity index (χ4n) is 0.710. The monoisotopic (exact) mass is 112 g/mol. The van der Waals surface area contributed by atoms with Crippen molar-refractivity contribution in [3.63, 3.8) is 0 Å². The zero-order valence-electron chi connectivity index (χ0n) is 4.92. The Bertz CT molecular complexity index is 111. The predicted octanol–water partition coefficient (Wildman–Crippen LogP) is 0.373. The minimum atomic E-state index is -0.634. The van der Waals surface area contributed by atoms with E-state index in [0.29, 0.717) is 6.61 Å². The summed E-state index contributed by atoms with van der Waals surface area (Å²) >= 11 is 0. The van der Waals surface area contributed by atoms with Crippen molar-refractivity contribution in [2.24, 2.45) is 0 Å². The summed E-state index contributed by atoms with van der Waals surface area (Å²) in [5.74, 6) is 1.75. The molecule has 1 rings (SSSR count). The molecule has 2 nitrogen and oxygen atoms in total. The van der Waals surface area contributed by atoms with Crippen LogP contribution in [0.25, 0.3) is 0 Å². The summed E-state index contributed by atoms with van der Waals surface area (Å²) in [7, 11) is -0.634. The summed E-state index contributed by atoms with van der Waals surface area (Å²) in [6.45, 7) is 2.66. The first-order chi connectivity index (χ1) is 3.83. The van der Waals surface area contributed by atoms with Crippen LogP contribution in [0.2, 0.25) is 0 Å². The van der Waals surface area contributed by atoms with Gasteiger partial charge >= 0.3 is 7.12 Å². The first-order valence-corrected chi connectivity index (χ1v) is 2.82. The van der Waals surface area contributed by atoms with Crippen molar-refractivity contribution in [2.75, 3.05) is 6.61 Å². The van der Waals surface area contributed by atoms with Gasteiger partial charge in [-0.05, 0) is 6.42 Å². The van der Waals surface area contributed by atoms with Crippen LogP contribution in [-0.4, -0.2) is 18.7 Å². The topological polar surface area (TPSA) is 29.5 Å². The van der Waals surface area contributed by atoms with Crippen LogP contribution in [0.3, 0.4) is 0 Å². The molecule has 0 atom stereocenters. The molecule has 0 aliphatic carbocycles. The molecule has 1 aliphatic rings. The smallest absolute Gasteiger partial charge is 0.423 e. The third-order valence-corrected chi connectivity index (χ3v) is 1.27. The summed E-state index contributed by atoms with van der Waals surface area (Å²) in [6, 6.07) is 0. The van der Waals surface area contributed by atoms with E-state index in [1.54, 1.807) is 5.98 Å². The van der Waals surface area contributed by atoms with Gasteiger partial charge in [-0.3, -0.25) is 0 Å². The number of hydrogen-bond donors (Lipinski definition) is 1. The van der Waals surface area contributed by atoms with Gasteiger partial charge in [-0.1, -0.05) is 18.5 Å². The second-order valence-electron chi connectivity index (χ2n) is 1.88. The SMILES string of the molecule is CCC1=CB(O)OC1. The minimum absolute atomic E-state index is 0.609. The second-order valence-corrected chi connectivity index (χ2v) is 1.88. The van der Waals surface area contributed by atoms with Crippen LogP contribution in [0, 0.1) is 0 Å². The standard InChI is InChI=1S/C5H9BO2/c1-2-5-3-6(7)8-4-5/h3,7H,2,4H2,1H3. The molecule has 0 fully saturated rings. The van der Waals surface area contributed by atoms with E-state index in [1.807, 2.05) is 6.92 Å². The van der Waals surface area contributed by atoms with Gasteiger partial charge in [-0.25, -0.2) is 0 Å². The Morgan fingerprint density at radius 1 is 2.00 bits per heavy atom. The van der Waals surface area contributed by atoms with Crippen molar-refractivity contribution in [3.05, 3.63) is 11.5 Å². The highest BCUT2D eigenvalue weighted by molar-refractivity contribution is 6.50. The predicted molar refractivity (Wildman–Crippen MR) is 32.3 cm³/mol. The molecule has 1 heterocycles. The molecule has 0 unspecified atom stereocenters. The molecule has 0 amide bonds. The van der Waals surface area contributed by atoms with Crippen molar-refractivity contribution in [1.82, 2.24) is 0 Å². The van der Waals surface area contributed by atoms with Gasteiger partial charge in [0.25, 0.3) is 0 Å². The van der Waals surface area contributed by atoms with E-state index in [9.17, 15) is 0 Å². The van der Waals surface area contributed by atoms with Crippen LogP contribution in [-0.2, 0) is 4.65 Å². The molecular formula is C5H9BO2. The first kappa shape index (κ1) is 5.85. The number of hydrogen-bond acceptors (Lipinski definition) is 2. The van der Waals surface area contributed by atoms with Gasteiger partial charge in [0.05, 0.1) is 6.61 Å². The Morgan fingerprint density at radius 2 is 2.75 bits per heavy atom. The van der Waals surface area contributed by atoms with E-state index in [0.717, 1.165) is 6.42 Å². The lowest BCUT2D eigenvalue weighted by Crippen LogP contribution is -2.07. The second kappa shape index (κ2) is 2.33. The molecule has 0 saturated heterocycles. The molecule has 0 saturated carbocycles. The minimum Gasteiger partial charge on any atom is -0.423 e. The van der Waals surface area contributed by atoms with Crippen LogP contribution < -0.4 is 0 Å². The van der Waals surface area contributed by atoms with Gasteiger partial charge in [0.2, 0.25) is 0 Å². The molecule has 0 spiro atoms. The molecule has 0 radical (unpaired) electrons. The molecule has 8 heavy (non-hydrogen) atoms. The molecule has 0 aromatic rings. The lowest BCUT2D eigenvalue weighted by molar-refractivity contribution is 0.308. The highest BCUT2D eigenvalue weighted by Crippen LogP contribution is 2.09. The van der Waals surface area contributed by atoms with Gasteiger partial charge in [-0.2, -0.15) is 0 Å². The fourth-order valence-corrected chi connectivity index (χ4v) is 0.710. The normalized spacial score (nSPS) is 19.2. The highest BCUT2D eigenvalue weighted by Gasteiger charge is 2.16. The highest BCUT2D eigenvalue weighted by atomic mass is 16.5. The zero-order valence-corrected chi connectivity index (χ0v) is 4.92. The Labute approximate surface area is 49.3 Å². The molecule has 0 aromatic carbocycles. The molecule has 0 bridgehead atoms. The summed E-state index contributed by atoms with van der Waals surface area (Å²) in [4.78, 5) is 0. The molecule has 0 aromatic heterocycles. The van der Waals surface area contributed by atoms with E-state index < -0.39 is 7.12 Å². The maximum Gasteiger partial charge on any atom is 0.483 e. The third kappa shape index (κ3) is 1.11. The molecule has 3 heteroatoms. The van der Waals surface area contributed by atoms with Gasteiger partial charge in [0.15, 0.2) is 0 Å². The molecule has 1 aliphatic heterocycles. The van der Waals surface area contributed by atoms with Crippen molar-refractivity contribution in [1.29, 1.82) is 0 Å². The van der Waals surface area contributed by atoms with E-state index in [1.165, 1.54) is 5.57 Å². The maximum absolute atomic E-state index is 8.73. The first-order valence-electron chi connectivity index (χ1n) is 2.82.